The van der Waals surface area contributed by atoms with Crippen molar-refractivity contribution in [1.29, 1.82) is 0 Å². The highest BCUT2D eigenvalue weighted by Crippen LogP contribution is 2.29. The molecule has 2 aromatic carbocycles. The fourth-order valence-corrected chi connectivity index (χ4v) is 2.92. The molecule has 1 atom stereocenters. The van der Waals surface area contributed by atoms with Crippen molar-refractivity contribution in [3.8, 4) is 0 Å². The van der Waals surface area contributed by atoms with Crippen molar-refractivity contribution in [2.45, 2.75) is 18.0 Å². The summed E-state index contributed by atoms with van der Waals surface area (Å²) in [5.41, 5.74) is 4.07. The molecule has 0 radical (unpaired) electrons. The first-order valence-electron chi connectivity index (χ1n) is 6.66. The van der Waals surface area contributed by atoms with E-state index >= 15 is 0 Å². The quantitative estimate of drug-likeness (QED) is 0.926. The SMILES string of the molecule is CC(=O)N1NC(Sc2ccccc2)=NC1c1ccccc1. The van der Waals surface area contributed by atoms with Crippen molar-refractivity contribution >= 4 is 22.8 Å². The minimum atomic E-state index is -0.310. The van der Waals surface area contributed by atoms with Gasteiger partial charge in [-0.2, -0.15) is 0 Å². The van der Waals surface area contributed by atoms with Gasteiger partial charge in [0.1, 0.15) is 0 Å². The van der Waals surface area contributed by atoms with Crippen molar-refractivity contribution in [3.05, 3.63) is 66.2 Å². The van der Waals surface area contributed by atoms with Crippen LogP contribution in [0.15, 0.2) is 70.6 Å². The summed E-state index contributed by atoms with van der Waals surface area (Å²) in [7, 11) is 0. The second kappa shape index (κ2) is 6.01. The summed E-state index contributed by atoms with van der Waals surface area (Å²) >= 11 is 1.52. The van der Waals surface area contributed by atoms with Gasteiger partial charge in [-0.1, -0.05) is 60.3 Å². The number of hydrogen-bond donors (Lipinski definition) is 1. The summed E-state index contributed by atoms with van der Waals surface area (Å²) in [5, 5.41) is 2.28. The Morgan fingerprint density at radius 1 is 1.10 bits per heavy atom. The van der Waals surface area contributed by atoms with Gasteiger partial charge in [0.15, 0.2) is 11.3 Å². The number of hydrogen-bond acceptors (Lipinski definition) is 4. The van der Waals surface area contributed by atoms with Gasteiger partial charge in [-0.05, 0) is 17.7 Å². The van der Waals surface area contributed by atoms with E-state index in [-0.39, 0.29) is 12.1 Å². The van der Waals surface area contributed by atoms with E-state index in [2.05, 4.69) is 10.4 Å². The Morgan fingerprint density at radius 3 is 2.33 bits per heavy atom. The summed E-state index contributed by atoms with van der Waals surface area (Å²) in [5.74, 6) is -0.0590. The molecule has 3 rings (SSSR count). The van der Waals surface area contributed by atoms with E-state index in [9.17, 15) is 4.79 Å². The monoisotopic (exact) mass is 297 g/mol. The van der Waals surface area contributed by atoms with Crippen molar-refractivity contribution in [2.75, 3.05) is 0 Å². The van der Waals surface area contributed by atoms with Gasteiger partial charge in [0, 0.05) is 11.8 Å². The Kier molecular flexibility index (Phi) is 3.92. The molecule has 1 heterocycles. The Balaban J connectivity index is 1.85. The molecule has 0 spiro atoms. The summed E-state index contributed by atoms with van der Waals surface area (Å²) in [6.45, 7) is 1.54. The average molecular weight is 297 g/mol. The van der Waals surface area contributed by atoms with Crippen molar-refractivity contribution in [1.82, 2.24) is 10.4 Å². The zero-order valence-electron chi connectivity index (χ0n) is 11.6. The molecule has 21 heavy (non-hydrogen) atoms. The van der Waals surface area contributed by atoms with Gasteiger partial charge in [-0.3, -0.25) is 10.2 Å². The number of hydrazine groups is 1. The fourth-order valence-electron chi connectivity index (χ4n) is 2.11. The molecule has 4 nitrogen and oxygen atoms in total. The van der Waals surface area contributed by atoms with Crippen LogP contribution in [0.4, 0.5) is 0 Å². The maximum Gasteiger partial charge on any atom is 0.240 e. The second-order valence-corrected chi connectivity index (χ2v) is 5.70. The molecule has 0 bridgehead atoms. The van der Waals surface area contributed by atoms with Crippen molar-refractivity contribution in [2.24, 2.45) is 4.99 Å². The van der Waals surface area contributed by atoms with Gasteiger partial charge >= 0.3 is 0 Å². The lowest BCUT2D eigenvalue weighted by molar-refractivity contribution is -0.132. The van der Waals surface area contributed by atoms with Gasteiger partial charge in [0.05, 0.1) is 0 Å². The first-order chi connectivity index (χ1) is 10.2. The minimum absolute atomic E-state index is 0.0590. The number of carbonyl (C=O) groups excluding carboxylic acids is 1. The van der Waals surface area contributed by atoms with E-state index in [0.29, 0.717) is 0 Å². The molecule has 0 saturated carbocycles. The fraction of sp³-hybridized carbons (Fsp3) is 0.125. The van der Waals surface area contributed by atoms with Crippen LogP contribution in [0, 0.1) is 0 Å². The number of aliphatic imine (C=N–C) groups is 1. The molecule has 1 aliphatic heterocycles. The largest absolute Gasteiger partial charge is 0.273 e. The number of carbonyl (C=O) groups is 1. The maximum absolute atomic E-state index is 11.8. The van der Waals surface area contributed by atoms with Gasteiger partial charge in [0.25, 0.3) is 0 Å². The molecule has 1 N–H and O–H groups in total. The number of amidine groups is 1. The highest BCUT2D eigenvalue weighted by Gasteiger charge is 2.29. The first kappa shape index (κ1) is 13.7. The van der Waals surface area contributed by atoms with Gasteiger partial charge < -0.3 is 0 Å². The molecule has 0 saturated heterocycles. The molecular weight excluding hydrogens is 282 g/mol. The van der Waals surface area contributed by atoms with E-state index in [0.717, 1.165) is 15.6 Å². The molecule has 2 aromatic rings. The zero-order chi connectivity index (χ0) is 14.7. The number of nitrogens with zero attached hydrogens (tertiary/aromatic N) is 2. The van der Waals surface area contributed by atoms with Crippen LogP contribution in [-0.2, 0) is 4.79 Å². The molecule has 1 unspecified atom stereocenters. The summed E-state index contributed by atoms with van der Waals surface area (Å²) < 4.78 is 0. The third-order valence-electron chi connectivity index (χ3n) is 3.09. The van der Waals surface area contributed by atoms with E-state index < -0.39 is 0 Å². The third kappa shape index (κ3) is 3.08. The lowest BCUT2D eigenvalue weighted by atomic mass is 10.2. The van der Waals surface area contributed by atoms with Crippen LogP contribution >= 0.6 is 11.8 Å². The smallest absolute Gasteiger partial charge is 0.240 e. The van der Waals surface area contributed by atoms with Gasteiger partial charge in [-0.15, -0.1) is 0 Å². The Hall–Kier alpha value is -2.27. The molecule has 0 aliphatic carbocycles. The van der Waals surface area contributed by atoms with Gasteiger partial charge in [0.2, 0.25) is 5.91 Å². The van der Waals surface area contributed by atoms with Gasteiger partial charge in [-0.25, -0.2) is 10.0 Å². The summed E-state index contributed by atoms with van der Waals surface area (Å²) in [6.07, 6.45) is -0.310. The predicted molar refractivity (Wildman–Crippen MR) is 84.6 cm³/mol. The highest BCUT2D eigenvalue weighted by molar-refractivity contribution is 8.13. The normalized spacial score (nSPS) is 17.3. The average Bonchev–Trinajstić information content (AvgIpc) is 2.93. The van der Waals surface area contributed by atoms with Crippen LogP contribution in [0.1, 0.15) is 18.7 Å². The Morgan fingerprint density at radius 2 is 1.71 bits per heavy atom. The van der Waals surface area contributed by atoms with Crippen LogP contribution in [0.3, 0.4) is 0 Å². The predicted octanol–water partition coefficient (Wildman–Crippen LogP) is 3.20. The molecule has 0 aromatic heterocycles. The van der Waals surface area contributed by atoms with E-state index in [1.54, 1.807) is 5.01 Å². The van der Waals surface area contributed by atoms with Crippen LogP contribution in [0.5, 0.6) is 0 Å². The minimum Gasteiger partial charge on any atom is -0.273 e. The third-order valence-corrected chi connectivity index (χ3v) is 3.99. The first-order valence-corrected chi connectivity index (χ1v) is 7.48. The lowest BCUT2D eigenvalue weighted by Crippen LogP contribution is -2.40. The number of amides is 1. The van der Waals surface area contributed by atoms with Crippen LogP contribution in [-0.4, -0.2) is 16.1 Å². The maximum atomic E-state index is 11.8. The van der Waals surface area contributed by atoms with Crippen LogP contribution in [0.2, 0.25) is 0 Å². The number of thioether (sulfide) groups is 1. The van der Waals surface area contributed by atoms with Crippen molar-refractivity contribution < 1.29 is 4.79 Å². The topological polar surface area (TPSA) is 44.7 Å². The van der Waals surface area contributed by atoms with E-state index in [1.165, 1.54) is 18.7 Å². The molecule has 1 aliphatic rings. The van der Waals surface area contributed by atoms with Crippen molar-refractivity contribution in [3.63, 3.8) is 0 Å². The lowest BCUT2D eigenvalue weighted by Gasteiger charge is -2.21. The Labute approximate surface area is 127 Å². The summed E-state index contributed by atoms with van der Waals surface area (Å²) in [6, 6.07) is 19.8. The van der Waals surface area contributed by atoms with Crippen LogP contribution in [0.25, 0.3) is 0 Å². The van der Waals surface area contributed by atoms with E-state index in [1.807, 2.05) is 60.7 Å². The number of benzene rings is 2. The zero-order valence-corrected chi connectivity index (χ0v) is 12.4. The second-order valence-electron chi connectivity index (χ2n) is 4.63. The summed E-state index contributed by atoms with van der Waals surface area (Å²) in [4.78, 5) is 17.5. The molecule has 5 heteroatoms. The number of nitrogens with one attached hydrogen (secondary N) is 1. The molecule has 0 fully saturated rings. The van der Waals surface area contributed by atoms with Crippen LogP contribution < -0.4 is 5.43 Å². The van der Waals surface area contributed by atoms with E-state index in [4.69, 9.17) is 0 Å². The molecular formula is C16H15N3OS. The standard InChI is InChI=1S/C16H15N3OS/c1-12(20)19-15(13-8-4-2-5-9-13)17-16(18-19)21-14-10-6-3-7-11-14/h2-11,15H,1H3,(H,17,18). The number of rotatable bonds is 2. The molecule has 106 valence electrons. The highest BCUT2D eigenvalue weighted by atomic mass is 32.2. The molecule has 1 amide bonds. The Bertz CT molecular complexity index is 658.